The molecular weight excluding hydrogens is 98.1 g/mol. The molecule has 0 spiro atoms. The van der Waals surface area contributed by atoms with Gasteiger partial charge in [-0.1, -0.05) is 5.35 Å². The highest BCUT2D eigenvalue weighted by Gasteiger charge is 1.69. The van der Waals surface area contributed by atoms with Crippen LogP contribution in [0.4, 0.5) is 0 Å². The Morgan fingerprint density at radius 2 is 2.25 bits per heavy atom. The van der Waals surface area contributed by atoms with Gasteiger partial charge in [0.05, 0.1) is 5.22 Å². The SMILES string of the molecule is C=c1cc[n-]c(=C)[cH+]1. The summed E-state index contributed by atoms with van der Waals surface area (Å²) in [5.41, 5.74) is 0. The minimum Gasteiger partial charge on any atom is -0.639 e. The predicted octanol–water partition coefficient (Wildman–Crippen LogP) is -0.254. The largest absolute Gasteiger partial charge is 0.639 e. The molecule has 40 valence electrons. The number of pyridine rings is 1. The summed E-state index contributed by atoms with van der Waals surface area (Å²) >= 11 is 0. The van der Waals surface area contributed by atoms with Gasteiger partial charge in [-0.25, -0.2) is 0 Å². The summed E-state index contributed by atoms with van der Waals surface area (Å²) in [5, 5.41) is 1.74. The maximum absolute atomic E-state index is 3.89. The van der Waals surface area contributed by atoms with Gasteiger partial charge in [0.1, 0.15) is 0 Å². The quantitative estimate of drug-likeness (QED) is 0.415. The molecule has 0 unspecified atom stereocenters. The molecule has 0 atom stereocenters. The summed E-state index contributed by atoms with van der Waals surface area (Å²) in [6.07, 6.45) is 1.70. The number of nitrogens with zero attached hydrogens (tertiary/aromatic N) is 1. The summed E-state index contributed by atoms with van der Waals surface area (Å²) < 4.78 is 0. The number of hydrogen-bond donors (Lipinski definition) is 0. The van der Waals surface area contributed by atoms with Crippen molar-refractivity contribution in [2.24, 2.45) is 0 Å². The molecule has 0 aliphatic carbocycles. The lowest BCUT2D eigenvalue weighted by molar-refractivity contribution is 1.21. The Morgan fingerprint density at radius 1 is 1.50 bits per heavy atom. The third-order valence-corrected chi connectivity index (χ3v) is 0.881. The zero-order valence-corrected chi connectivity index (χ0v) is 4.59. The van der Waals surface area contributed by atoms with Crippen molar-refractivity contribution >= 4 is 13.2 Å². The monoisotopic (exact) mass is 105 g/mol. The van der Waals surface area contributed by atoms with Gasteiger partial charge in [-0.05, 0) is 19.2 Å². The van der Waals surface area contributed by atoms with Crippen molar-refractivity contribution in [3.8, 4) is 0 Å². The molecule has 0 fully saturated rings. The van der Waals surface area contributed by atoms with E-state index in [1.165, 1.54) is 0 Å². The van der Waals surface area contributed by atoms with E-state index in [9.17, 15) is 0 Å². The first-order valence-corrected chi connectivity index (χ1v) is 2.39. The van der Waals surface area contributed by atoms with Gasteiger partial charge in [-0.2, -0.15) is 0 Å². The first kappa shape index (κ1) is 5.04. The second-order valence-corrected chi connectivity index (χ2v) is 1.66. The molecule has 0 saturated heterocycles. The molecule has 0 aliphatic heterocycles. The molecule has 8 heavy (non-hydrogen) atoms. The van der Waals surface area contributed by atoms with Crippen LogP contribution in [0.2, 0.25) is 0 Å². The fraction of sp³-hybridized carbons (Fsp3) is 0. The normalized spacial score (nSPS) is 9.00. The topological polar surface area (TPSA) is 14.1 Å². The molecule has 0 radical (unpaired) electrons. The van der Waals surface area contributed by atoms with Crippen molar-refractivity contribution in [2.45, 2.75) is 0 Å². The number of rotatable bonds is 0. The van der Waals surface area contributed by atoms with Crippen LogP contribution in [0.1, 0.15) is 0 Å². The van der Waals surface area contributed by atoms with Crippen LogP contribution in [0.3, 0.4) is 0 Å². The van der Waals surface area contributed by atoms with Crippen LogP contribution in [-0.4, -0.2) is 0 Å². The van der Waals surface area contributed by atoms with Gasteiger partial charge in [0.15, 0.2) is 0 Å². The second kappa shape index (κ2) is 1.78. The van der Waals surface area contributed by atoms with Gasteiger partial charge in [0.25, 0.3) is 0 Å². The zero-order valence-electron chi connectivity index (χ0n) is 4.59. The Balaban J connectivity index is 3.50. The first-order chi connectivity index (χ1) is 3.79. The third-order valence-electron chi connectivity index (χ3n) is 0.881. The molecule has 0 bridgehead atoms. The zero-order chi connectivity index (χ0) is 5.98. The number of hydrogen-bond acceptors (Lipinski definition) is 0. The molecule has 0 aromatic carbocycles. The van der Waals surface area contributed by atoms with Gasteiger partial charge in [-0.15, -0.1) is 6.20 Å². The van der Waals surface area contributed by atoms with E-state index in [0.29, 0.717) is 0 Å². The predicted molar refractivity (Wildman–Crippen MR) is 34.5 cm³/mol. The van der Waals surface area contributed by atoms with E-state index < -0.39 is 0 Å². The van der Waals surface area contributed by atoms with Crippen LogP contribution in [0.15, 0.2) is 18.3 Å². The molecule has 1 nitrogen and oxygen atoms in total. The highest BCUT2D eigenvalue weighted by Crippen LogP contribution is 1.55. The first-order valence-electron chi connectivity index (χ1n) is 2.39. The fourth-order valence-electron chi connectivity index (χ4n) is 0.528. The average Bonchev–Trinajstić information content (AvgIpc) is 1.64. The Kier molecular flexibility index (Phi) is 1.12. The summed E-state index contributed by atoms with van der Waals surface area (Å²) in [6.45, 7) is 7.33. The molecule has 1 heteroatoms. The van der Waals surface area contributed by atoms with E-state index in [0.717, 1.165) is 10.6 Å². The number of aromatic nitrogens is 1. The highest BCUT2D eigenvalue weighted by atomic mass is 14.6. The van der Waals surface area contributed by atoms with Crippen molar-refractivity contribution in [2.75, 3.05) is 0 Å². The standard InChI is InChI=1S/C7H7N/c1-6-3-4-8-7(2)5-6/h3-5H,1-2H2. The minimum absolute atomic E-state index is 0.775. The van der Waals surface area contributed by atoms with Crippen molar-refractivity contribution in [3.63, 3.8) is 0 Å². The fourth-order valence-corrected chi connectivity index (χ4v) is 0.528. The van der Waals surface area contributed by atoms with Crippen molar-refractivity contribution < 1.29 is 0 Å². The molecular formula is C7H7N. The smallest absolute Gasteiger partial charge is 0.0847 e. The van der Waals surface area contributed by atoms with E-state index in [-0.39, 0.29) is 0 Å². The van der Waals surface area contributed by atoms with E-state index in [1.807, 2.05) is 12.1 Å². The molecule has 1 aromatic heterocycles. The average molecular weight is 105 g/mol. The van der Waals surface area contributed by atoms with Crippen molar-refractivity contribution in [1.29, 1.82) is 0 Å². The maximum atomic E-state index is 3.89. The highest BCUT2D eigenvalue weighted by molar-refractivity contribution is 5.07. The van der Waals surface area contributed by atoms with Crippen LogP contribution in [0.5, 0.6) is 0 Å². The van der Waals surface area contributed by atoms with Gasteiger partial charge >= 0.3 is 0 Å². The van der Waals surface area contributed by atoms with Crippen LogP contribution >= 0.6 is 0 Å². The Labute approximate surface area is 48.0 Å². The third kappa shape index (κ3) is 0.936. The summed E-state index contributed by atoms with van der Waals surface area (Å²) in [6, 6.07) is 3.68. The Morgan fingerprint density at radius 3 is 2.62 bits per heavy atom. The molecule has 0 aliphatic rings. The van der Waals surface area contributed by atoms with E-state index >= 15 is 0 Å². The summed E-state index contributed by atoms with van der Waals surface area (Å²) in [7, 11) is 0. The van der Waals surface area contributed by atoms with Crippen molar-refractivity contribution in [1.82, 2.24) is 4.98 Å². The molecule has 1 rings (SSSR count). The van der Waals surface area contributed by atoms with Gasteiger partial charge in [-0.3, -0.25) is 0 Å². The lowest BCUT2D eigenvalue weighted by Gasteiger charge is -1.89. The van der Waals surface area contributed by atoms with E-state index in [4.69, 9.17) is 0 Å². The maximum Gasteiger partial charge on any atom is 0.0847 e. The Hall–Kier alpha value is -1.11. The van der Waals surface area contributed by atoms with Gasteiger partial charge in [0, 0.05) is 6.07 Å². The lowest BCUT2D eigenvalue weighted by Crippen LogP contribution is -2.12. The molecule has 0 saturated carbocycles. The minimum atomic E-state index is 0.775. The van der Waals surface area contributed by atoms with Gasteiger partial charge < -0.3 is 4.98 Å². The van der Waals surface area contributed by atoms with Gasteiger partial charge in [0.2, 0.25) is 0 Å². The molecule has 0 N–H and O–H groups in total. The Bertz CT molecular complexity index is 239. The molecule has 1 heterocycles. The summed E-state index contributed by atoms with van der Waals surface area (Å²) in [4.78, 5) is 3.89. The van der Waals surface area contributed by atoms with E-state index in [1.54, 1.807) is 6.20 Å². The van der Waals surface area contributed by atoms with Crippen molar-refractivity contribution in [3.05, 3.63) is 28.9 Å². The summed E-state index contributed by atoms with van der Waals surface area (Å²) in [5.74, 6) is 0. The van der Waals surface area contributed by atoms with Crippen LogP contribution < -0.4 is 15.6 Å². The van der Waals surface area contributed by atoms with Crippen LogP contribution in [0, 0.1) is 0 Å². The second-order valence-electron chi connectivity index (χ2n) is 1.66. The van der Waals surface area contributed by atoms with Crippen LogP contribution in [-0.2, 0) is 0 Å². The molecule has 1 aromatic rings. The van der Waals surface area contributed by atoms with E-state index in [2.05, 4.69) is 18.1 Å². The molecule has 0 amide bonds. The van der Waals surface area contributed by atoms with Crippen LogP contribution in [0.25, 0.3) is 13.2 Å². The lowest BCUT2D eigenvalue weighted by atomic mass is 10.4.